The van der Waals surface area contributed by atoms with Gasteiger partial charge in [0.2, 0.25) is 5.91 Å². The minimum absolute atomic E-state index is 0.0595. The molecule has 1 aliphatic carbocycles. The molecule has 2 aromatic rings. The molecule has 3 rings (SSSR count). The van der Waals surface area contributed by atoms with Crippen LogP contribution >= 0.6 is 11.8 Å². The van der Waals surface area contributed by atoms with E-state index in [1.54, 1.807) is 11.8 Å². The summed E-state index contributed by atoms with van der Waals surface area (Å²) < 4.78 is 5.59. The average molecular weight is 485 g/mol. The van der Waals surface area contributed by atoms with Gasteiger partial charge in [-0.25, -0.2) is 4.79 Å². The smallest absolute Gasteiger partial charge is 0.407 e. The highest BCUT2D eigenvalue weighted by atomic mass is 32.2. The topological polar surface area (TPSA) is 105 Å². The standard InChI is InChI=1S/C26H32N2O5S/c1-16(2)23(14-24(29)30)27-25(31)22(12-13-34-3)28-26(32)33-15-21-19-10-6-4-8-17(19)18-9-5-7-11-20(18)21/h4-11,16,21-23H,12-15H2,1-3H3,(H,27,31)(H,28,32)(H,29,30)/t22-,23+/m0/s1. The van der Waals surface area contributed by atoms with Crippen molar-refractivity contribution in [3.63, 3.8) is 0 Å². The second-order valence-corrected chi connectivity index (χ2v) is 9.75. The van der Waals surface area contributed by atoms with Crippen molar-refractivity contribution in [3.05, 3.63) is 59.7 Å². The fourth-order valence-electron chi connectivity index (χ4n) is 4.21. The number of alkyl carbamates (subject to hydrolysis) is 1. The Bertz CT molecular complexity index is 980. The van der Waals surface area contributed by atoms with Gasteiger partial charge in [0.15, 0.2) is 0 Å². The zero-order valence-electron chi connectivity index (χ0n) is 19.7. The van der Waals surface area contributed by atoms with Crippen LogP contribution in [0.15, 0.2) is 48.5 Å². The van der Waals surface area contributed by atoms with Crippen molar-refractivity contribution in [1.29, 1.82) is 0 Å². The number of hydrogen-bond acceptors (Lipinski definition) is 5. The van der Waals surface area contributed by atoms with Crippen molar-refractivity contribution >= 4 is 29.7 Å². The van der Waals surface area contributed by atoms with Crippen LogP contribution in [0.25, 0.3) is 11.1 Å². The highest BCUT2D eigenvalue weighted by Gasteiger charge is 2.30. The Morgan fingerprint density at radius 1 is 1.00 bits per heavy atom. The van der Waals surface area contributed by atoms with Crippen LogP contribution in [0.4, 0.5) is 4.79 Å². The molecule has 0 radical (unpaired) electrons. The molecular formula is C26H32N2O5S. The Labute approximate surface area is 204 Å². The summed E-state index contributed by atoms with van der Waals surface area (Å²) in [5.74, 6) is -0.854. The molecule has 0 saturated carbocycles. The molecule has 0 bridgehead atoms. The number of aliphatic carboxylic acids is 1. The van der Waals surface area contributed by atoms with Gasteiger partial charge in [0.05, 0.1) is 6.42 Å². The second kappa shape index (κ2) is 11.9. The Kier molecular flexibility index (Phi) is 8.98. The third-order valence-corrected chi connectivity index (χ3v) is 6.73. The molecule has 7 nitrogen and oxygen atoms in total. The predicted molar refractivity (Wildman–Crippen MR) is 134 cm³/mol. The third-order valence-electron chi connectivity index (χ3n) is 6.09. The van der Waals surface area contributed by atoms with E-state index in [-0.39, 0.29) is 24.9 Å². The minimum atomic E-state index is -0.982. The molecule has 8 heteroatoms. The van der Waals surface area contributed by atoms with Gasteiger partial charge >= 0.3 is 12.1 Å². The Balaban J connectivity index is 1.65. The first-order valence-corrected chi connectivity index (χ1v) is 12.8. The number of carboxylic acid groups (broad SMARTS) is 1. The van der Waals surface area contributed by atoms with Crippen molar-refractivity contribution < 1.29 is 24.2 Å². The van der Waals surface area contributed by atoms with Gasteiger partial charge < -0.3 is 20.5 Å². The van der Waals surface area contributed by atoms with Crippen LogP contribution in [0.1, 0.15) is 43.7 Å². The van der Waals surface area contributed by atoms with Crippen LogP contribution in [-0.4, -0.2) is 53.8 Å². The van der Waals surface area contributed by atoms with E-state index in [2.05, 4.69) is 22.8 Å². The lowest BCUT2D eigenvalue weighted by atomic mass is 9.98. The first kappa shape index (κ1) is 25.6. The van der Waals surface area contributed by atoms with Crippen molar-refractivity contribution in [1.82, 2.24) is 10.6 Å². The zero-order chi connectivity index (χ0) is 24.7. The molecule has 0 fully saturated rings. The lowest BCUT2D eigenvalue weighted by Crippen LogP contribution is -2.51. The highest BCUT2D eigenvalue weighted by Crippen LogP contribution is 2.44. The van der Waals surface area contributed by atoms with Crippen molar-refractivity contribution in [2.24, 2.45) is 5.92 Å². The van der Waals surface area contributed by atoms with Gasteiger partial charge in [-0.05, 0) is 46.6 Å². The van der Waals surface area contributed by atoms with Crippen LogP contribution in [0.5, 0.6) is 0 Å². The first-order valence-electron chi connectivity index (χ1n) is 11.4. The maximum atomic E-state index is 12.9. The van der Waals surface area contributed by atoms with Gasteiger partial charge in [0.1, 0.15) is 12.6 Å². The summed E-state index contributed by atoms with van der Waals surface area (Å²) in [7, 11) is 0. The van der Waals surface area contributed by atoms with Crippen LogP contribution < -0.4 is 10.6 Å². The number of carboxylic acids is 1. The molecule has 0 spiro atoms. The average Bonchev–Trinajstić information content (AvgIpc) is 3.13. The molecule has 2 aromatic carbocycles. The number of amides is 2. The second-order valence-electron chi connectivity index (χ2n) is 8.76. The molecule has 1 aliphatic rings. The largest absolute Gasteiger partial charge is 0.481 e. The number of nitrogens with one attached hydrogen (secondary N) is 2. The summed E-state index contributed by atoms with van der Waals surface area (Å²) in [6, 6.07) is 14.8. The number of hydrogen-bond donors (Lipinski definition) is 3. The maximum absolute atomic E-state index is 12.9. The van der Waals surface area contributed by atoms with E-state index in [1.165, 1.54) is 0 Å². The molecule has 2 atom stereocenters. The molecule has 0 saturated heterocycles. The first-order chi connectivity index (χ1) is 16.3. The van der Waals surface area contributed by atoms with E-state index in [9.17, 15) is 14.4 Å². The summed E-state index contributed by atoms with van der Waals surface area (Å²) in [4.78, 5) is 36.7. The molecule has 0 heterocycles. The van der Waals surface area contributed by atoms with Gasteiger partial charge in [-0.1, -0.05) is 62.4 Å². The highest BCUT2D eigenvalue weighted by molar-refractivity contribution is 7.98. The van der Waals surface area contributed by atoms with Crippen LogP contribution in [0.2, 0.25) is 0 Å². The number of ether oxygens (including phenoxy) is 1. The fourth-order valence-corrected chi connectivity index (χ4v) is 4.68. The maximum Gasteiger partial charge on any atom is 0.407 e. The van der Waals surface area contributed by atoms with E-state index in [0.29, 0.717) is 12.2 Å². The monoisotopic (exact) mass is 484 g/mol. The Morgan fingerprint density at radius 2 is 1.59 bits per heavy atom. The number of carbonyl (C=O) groups is 3. The van der Waals surface area contributed by atoms with E-state index in [1.807, 2.05) is 56.5 Å². The number of rotatable bonds is 11. The molecule has 34 heavy (non-hydrogen) atoms. The number of fused-ring (bicyclic) bond motifs is 3. The number of thioether (sulfide) groups is 1. The zero-order valence-corrected chi connectivity index (χ0v) is 20.6. The lowest BCUT2D eigenvalue weighted by Gasteiger charge is -2.25. The van der Waals surface area contributed by atoms with Crippen molar-refractivity contribution in [2.45, 2.75) is 44.7 Å². The molecule has 0 unspecified atom stereocenters. The van der Waals surface area contributed by atoms with Crippen LogP contribution in [0.3, 0.4) is 0 Å². The summed E-state index contributed by atoms with van der Waals surface area (Å²) >= 11 is 1.56. The van der Waals surface area contributed by atoms with Crippen LogP contribution in [-0.2, 0) is 14.3 Å². The minimum Gasteiger partial charge on any atom is -0.481 e. The fraction of sp³-hybridized carbons (Fsp3) is 0.423. The number of carbonyl (C=O) groups excluding carboxylic acids is 2. The summed E-state index contributed by atoms with van der Waals surface area (Å²) in [5.41, 5.74) is 4.51. The number of benzene rings is 2. The summed E-state index contributed by atoms with van der Waals surface area (Å²) in [5, 5.41) is 14.6. The lowest BCUT2D eigenvalue weighted by molar-refractivity contribution is -0.138. The van der Waals surface area contributed by atoms with Gasteiger partial charge in [0, 0.05) is 12.0 Å². The summed E-state index contributed by atoms with van der Waals surface area (Å²) in [6.45, 7) is 3.86. The van der Waals surface area contributed by atoms with Gasteiger partial charge in [-0.15, -0.1) is 0 Å². The quantitative estimate of drug-likeness (QED) is 0.440. The van der Waals surface area contributed by atoms with Crippen LogP contribution in [0, 0.1) is 5.92 Å². The molecule has 0 aliphatic heterocycles. The van der Waals surface area contributed by atoms with Gasteiger partial charge in [-0.3, -0.25) is 9.59 Å². The Morgan fingerprint density at radius 3 is 2.12 bits per heavy atom. The molecule has 2 amide bonds. The van der Waals surface area contributed by atoms with Crippen molar-refractivity contribution in [3.8, 4) is 11.1 Å². The molecule has 3 N–H and O–H groups in total. The molecular weight excluding hydrogens is 452 g/mol. The summed E-state index contributed by atoms with van der Waals surface area (Å²) in [6.07, 6.45) is 1.49. The molecule has 0 aromatic heterocycles. The van der Waals surface area contributed by atoms with Gasteiger partial charge in [0.25, 0.3) is 0 Å². The predicted octanol–water partition coefficient (Wildman–Crippen LogP) is 4.26. The SMILES string of the molecule is CSCC[C@H](NC(=O)OCC1c2ccccc2-c2ccccc21)C(=O)N[C@H](CC(=O)O)C(C)C. The normalized spacial score (nSPS) is 14.1. The van der Waals surface area contributed by atoms with Gasteiger partial charge in [-0.2, -0.15) is 11.8 Å². The third kappa shape index (κ3) is 6.32. The van der Waals surface area contributed by atoms with E-state index in [0.717, 1.165) is 22.3 Å². The Hall–Kier alpha value is -3.00. The van der Waals surface area contributed by atoms with E-state index >= 15 is 0 Å². The molecule has 182 valence electrons. The van der Waals surface area contributed by atoms with E-state index in [4.69, 9.17) is 9.84 Å². The van der Waals surface area contributed by atoms with E-state index < -0.39 is 30.1 Å². The van der Waals surface area contributed by atoms with Crippen molar-refractivity contribution in [2.75, 3.05) is 18.6 Å².